The standard InChI is InChI=1S/C22H22Br2N2O5S/c1-4-31-16-11-13(18(23)19(24)20(16)27)12-17-21(28)26(9-10-29-2)22(32-17)25-14-5-7-15(30-3)8-6-14/h5-8,11-12,27H,4,9-10H2,1-3H3/b17-12-,25-22?. The summed E-state index contributed by atoms with van der Waals surface area (Å²) in [6.45, 7) is 2.98. The predicted molar refractivity (Wildman–Crippen MR) is 134 cm³/mol. The number of hydrogen-bond donors (Lipinski definition) is 1. The Morgan fingerprint density at radius 3 is 2.53 bits per heavy atom. The van der Waals surface area contributed by atoms with Crippen molar-refractivity contribution in [2.75, 3.05) is 34.0 Å². The average molecular weight is 586 g/mol. The molecule has 1 amide bonds. The fraction of sp³-hybridized carbons (Fsp3) is 0.273. The number of aromatic hydroxyl groups is 1. The van der Waals surface area contributed by atoms with Gasteiger partial charge < -0.3 is 19.3 Å². The Hall–Kier alpha value is -2.01. The first-order chi connectivity index (χ1) is 15.4. The molecular formula is C22H22Br2N2O5S. The van der Waals surface area contributed by atoms with Crippen molar-refractivity contribution in [2.45, 2.75) is 6.92 Å². The van der Waals surface area contributed by atoms with Crippen molar-refractivity contribution in [1.29, 1.82) is 0 Å². The maximum absolute atomic E-state index is 13.2. The van der Waals surface area contributed by atoms with E-state index in [1.807, 2.05) is 31.2 Å². The van der Waals surface area contributed by atoms with E-state index in [1.54, 1.807) is 31.3 Å². The van der Waals surface area contributed by atoms with Crippen LogP contribution in [-0.2, 0) is 9.53 Å². The lowest BCUT2D eigenvalue weighted by Crippen LogP contribution is -2.32. The molecule has 7 nitrogen and oxygen atoms in total. The van der Waals surface area contributed by atoms with E-state index in [1.165, 1.54) is 11.8 Å². The van der Waals surface area contributed by atoms with Gasteiger partial charge in [0, 0.05) is 11.6 Å². The van der Waals surface area contributed by atoms with Gasteiger partial charge in [-0.25, -0.2) is 4.99 Å². The number of carbonyl (C=O) groups excluding carboxylic acids is 1. The molecular weight excluding hydrogens is 564 g/mol. The van der Waals surface area contributed by atoms with Gasteiger partial charge in [-0.1, -0.05) is 0 Å². The minimum absolute atomic E-state index is 0.00486. The van der Waals surface area contributed by atoms with Crippen molar-refractivity contribution in [2.24, 2.45) is 4.99 Å². The van der Waals surface area contributed by atoms with E-state index in [9.17, 15) is 9.90 Å². The maximum atomic E-state index is 13.2. The molecule has 2 aromatic carbocycles. The van der Waals surface area contributed by atoms with E-state index in [0.29, 0.717) is 55.8 Å². The Bertz CT molecular complexity index is 1060. The minimum Gasteiger partial charge on any atom is -0.503 e. The van der Waals surface area contributed by atoms with Gasteiger partial charge in [-0.05, 0) is 92.5 Å². The van der Waals surface area contributed by atoms with Crippen molar-refractivity contribution in [3.8, 4) is 17.2 Å². The highest BCUT2D eigenvalue weighted by atomic mass is 79.9. The molecule has 170 valence electrons. The molecule has 3 rings (SSSR count). The van der Waals surface area contributed by atoms with Crippen LogP contribution in [0.3, 0.4) is 0 Å². The fourth-order valence-corrected chi connectivity index (χ4v) is 4.72. The number of phenolic OH excluding ortho intramolecular Hbond substituents is 1. The Morgan fingerprint density at radius 1 is 1.19 bits per heavy atom. The average Bonchev–Trinajstić information content (AvgIpc) is 3.08. The third kappa shape index (κ3) is 5.48. The van der Waals surface area contributed by atoms with Gasteiger partial charge in [0.25, 0.3) is 5.91 Å². The van der Waals surface area contributed by atoms with Crippen molar-refractivity contribution >= 4 is 66.5 Å². The molecule has 1 fully saturated rings. The van der Waals surface area contributed by atoms with Gasteiger partial charge in [0.05, 0.1) is 41.9 Å². The first kappa shape index (κ1) is 24.6. The summed E-state index contributed by atoms with van der Waals surface area (Å²) < 4.78 is 16.9. The second-order valence-corrected chi connectivity index (χ2v) is 9.12. The van der Waals surface area contributed by atoms with E-state index in [0.717, 1.165) is 5.75 Å². The number of methoxy groups -OCH3 is 2. The van der Waals surface area contributed by atoms with E-state index in [-0.39, 0.29) is 11.7 Å². The summed E-state index contributed by atoms with van der Waals surface area (Å²) in [6.07, 6.45) is 1.75. The number of halogens is 2. The molecule has 1 heterocycles. The molecule has 10 heteroatoms. The summed E-state index contributed by atoms with van der Waals surface area (Å²) in [5.74, 6) is 0.880. The molecule has 0 aliphatic carbocycles. The molecule has 0 bridgehead atoms. The molecule has 0 unspecified atom stereocenters. The van der Waals surface area contributed by atoms with Gasteiger partial charge in [-0.15, -0.1) is 0 Å². The lowest BCUT2D eigenvalue weighted by Gasteiger charge is -2.14. The van der Waals surface area contributed by atoms with Crippen LogP contribution in [0.4, 0.5) is 5.69 Å². The maximum Gasteiger partial charge on any atom is 0.266 e. The van der Waals surface area contributed by atoms with Gasteiger partial charge in [0.15, 0.2) is 16.7 Å². The topological polar surface area (TPSA) is 80.6 Å². The zero-order valence-electron chi connectivity index (χ0n) is 17.7. The third-order valence-electron chi connectivity index (χ3n) is 4.46. The van der Waals surface area contributed by atoms with Crippen molar-refractivity contribution in [1.82, 2.24) is 4.90 Å². The van der Waals surface area contributed by atoms with Crippen LogP contribution in [0.15, 0.2) is 49.2 Å². The number of phenols is 1. The van der Waals surface area contributed by atoms with Gasteiger partial charge in [0.2, 0.25) is 0 Å². The zero-order chi connectivity index (χ0) is 23.3. The molecule has 0 spiro atoms. The smallest absolute Gasteiger partial charge is 0.266 e. The fourth-order valence-electron chi connectivity index (χ4n) is 2.86. The lowest BCUT2D eigenvalue weighted by atomic mass is 10.2. The summed E-state index contributed by atoms with van der Waals surface area (Å²) in [5, 5.41) is 10.8. The van der Waals surface area contributed by atoms with Gasteiger partial charge in [-0.2, -0.15) is 0 Å². The van der Waals surface area contributed by atoms with Crippen LogP contribution in [0.2, 0.25) is 0 Å². The minimum atomic E-state index is -0.173. The van der Waals surface area contributed by atoms with Crippen LogP contribution in [0, 0.1) is 0 Å². The quantitative estimate of drug-likeness (QED) is 0.408. The zero-order valence-corrected chi connectivity index (χ0v) is 21.7. The second kappa shape index (κ2) is 11.2. The Balaban J connectivity index is 1.99. The second-order valence-electron chi connectivity index (χ2n) is 6.53. The highest BCUT2D eigenvalue weighted by Crippen LogP contribution is 2.44. The highest BCUT2D eigenvalue weighted by Gasteiger charge is 2.33. The SMILES string of the molecule is CCOc1cc(/C=C2\SC(=Nc3ccc(OC)cc3)N(CCOC)C2=O)c(Br)c(Br)c1O. The van der Waals surface area contributed by atoms with Gasteiger partial charge in [-0.3, -0.25) is 9.69 Å². The summed E-state index contributed by atoms with van der Waals surface area (Å²) in [6, 6.07) is 8.98. The van der Waals surface area contributed by atoms with E-state index >= 15 is 0 Å². The number of benzene rings is 2. The summed E-state index contributed by atoms with van der Waals surface area (Å²) >= 11 is 8.13. The van der Waals surface area contributed by atoms with Crippen molar-refractivity contribution < 1.29 is 24.1 Å². The highest BCUT2D eigenvalue weighted by molar-refractivity contribution is 9.13. The van der Waals surface area contributed by atoms with Crippen LogP contribution in [-0.4, -0.2) is 55.1 Å². The van der Waals surface area contributed by atoms with Crippen LogP contribution >= 0.6 is 43.6 Å². The third-order valence-corrected chi connectivity index (χ3v) is 7.63. The first-order valence-corrected chi connectivity index (χ1v) is 12.1. The Kier molecular flexibility index (Phi) is 8.64. The molecule has 0 radical (unpaired) electrons. The summed E-state index contributed by atoms with van der Waals surface area (Å²) in [5.41, 5.74) is 1.39. The van der Waals surface area contributed by atoms with Crippen LogP contribution in [0.5, 0.6) is 17.2 Å². The largest absolute Gasteiger partial charge is 0.503 e. The number of hydrogen-bond acceptors (Lipinski definition) is 7. The first-order valence-electron chi connectivity index (χ1n) is 9.66. The number of nitrogens with zero attached hydrogens (tertiary/aromatic N) is 2. The molecule has 1 aliphatic heterocycles. The molecule has 0 aromatic heterocycles. The monoisotopic (exact) mass is 584 g/mol. The molecule has 1 aliphatic rings. The van der Waals surface area contributed by atoms with E-state index in [4.69, 9.17) is 14.2 Å². The number of amides is 1. The molecule has 0 saturated carbocycles. The molecule has 1 saturated heterocycles. The van der Waals surface area contributed by atoms with Crippen LogP contribution < -0.4 is 9.47 Å². The molecule has 1 N–H and O–H groups in total. The number of aliphatic imine (C=N–C) groups is 1. The summed E-state index contributed by atoms with van der Waals surface area (Å²) in [4.78, 5) is 19.9. The number of ether oxygens (including phenoxy) is 3. The summed E-state index contributed by atoms with van der Waals surface area (Å²) in [7, 11) is 3.19. The number of amidine groups is 1. The normalized spacial score (nSPS) is 16.3. The number of carbonyl (C=O) groups is 1. The predicted octanol–water partition coefficient (Wildman–Crippen LogP) is 5.57. The van der Waals surface area contributed by atoms with E-state index in [2.05, 4.69) is 36.9 Å². The number of rotatable bonds is 8. The van der Waals surface area contributed by atoms with Crippen LogP contribution in [0.25, 0.3) is 6.08 Å². The van der Waals surface area contributed by atoms with Gasteiger partial charge in [0.1, 0.15) is 5.75 Å². The molecule has 32 heavy (non-hydrogen) atoms. The van der Waals surface area contributed by atoms with Gasteiger partial charge >= 0.3 is 0 Å². The number of thioether (sulfide) groups is 1. The Morgan fingerprint density at radius 2 is 1.91 bits per heavy atom. The molecule has 2 aromatic rings. The molecule has 0 atom stereocenters. The van der Waals surface area contributed by atoms with E-state index < -0.39 is 0 Å². The van der Waals surface area contributed by atoms with Crippen LogP contribution in [0.1, 0.15) is 12.5 Å². The van der Waals surface area contributed by atoms with Crippen molar-refractivity contribution in [3.63, 3.8) is 0 Å². The Labute approximate surface area is 207 Å². The van der Waals surface area contributed by atoms with Crippen molar-refractivity contribution in [3.05, 3.63) is 49.7 Å². The lowest BCUT2D eigenvalue weighted by molar-refractivity contribution is -0.122.